The van der Waals surface area contributed by atoms with Crippen molar-refractivity contribution >= 4 is 45.5 Å². The molecule has 0 saturated carbocycles. The lowest BCUT2D eigenvalue weighted by atomic mass is 10.2. The number of hydrogen-bond donors (Lipinski definition) is 2. The summed E-state index contributed by atoms with van der Waals surface area (Å²) in [5, 5.41) is 4.74. The summed E-state index contributed by atoms with van der Waals surface area (Å²) in [5.41, 5.74) is 0.738. The molecule has 0 aliphatic rings. The molecule has 2 aromatic rings. The highest BCUT2D eigenvalue weighted by Crippen LogP contribution is 2.19. The zero-order valence-electron chi connectivity index (χ0n) is 16.3. The second-order valence-corrected chi connectivity index (χ2v) is 7.03. The zero-order valence-corrected chi connectivity index (χ0v) is 17.9. The number of carbonyl (C=O) groups is 3. The molecule has 0 spiro atoms. The summed E-state index contributed by atoms with van der Waals surface area (Å²) in [7, 11) is 1.56. The van der Waals surface area contributed by atoms with E-state index >= 15 is 0 Å². The average molecular weight is 479 g/mol. The number of methoxy groups -OCH3 is 1. The van der Waals surface area contributed by atoms with Crippen molar-refractivity contribution in [3.8, 4) is 5.75 Å². The Morgan fingerprint density at radius 3 is 2.50 bits per heavy atom. The third-order valence-electron chi connectivity index (χ3n) is 3.81. The topological polar surface area (TPSA) is 93.7 Å². The average Bonchev–Trinajstić information content (AvgIpc) is 2.72. The Kier molecular flexibility index (Phi) is 8.54. The molecule has 0 fully saturated rings. The van der Waals surface area contributed by atoms with Crippen molar-refractivity contribution in [2.45, 2.75) is 13.0 Å². The minimum atomic E-state index is -0.977. The highest BCUT2D eigenvalue weighted by molar-refractivity contribution is 9.10. The molecule has 0 aliphatic carbocycles. The molecule has 2 aromatic carbocycles. The summed E-state index contributed by atoms with van der Waals surface area (Å²) in [6.07, 6.45) is 2.85. The Labute approximate surface area is 181 Å². The molecular weight excluding hydrogens is 459 g/mol. The standard InChI is InChI=1S/C21H20BrFN2O5/c1-13(24-19(26)10-5-14-3-7-16(29-2)8-4-14)21(28)30-12-20(27)25-18-9-6-15(22)11-17(18)23/h3-11,13H,12H2,1-2H3,(H,24,26)(H,25,27)/b10-5+/t13-/m0/s1. The van der Waals surface area contributed by atoms with Crippen LogP contribution in [0.3, 0.4) is 0 Å². The van der Waals surface area contributed by atoms with E-state index in [0.29, 0.717) is 10.2 Å². The van der Waals surface area contributed by atoms with Crippen LogP contribution in [0.2, 0.25) is 0 Å². The van der Waals surface area contributed by atoms with Gasteiger partial charge < -0.3 is 20.1 Å². The molecule has 9 heteroatoms. The summed E-state index contributed by atoms with van der Waals surface area (Å²) in [5.74, 6) is -1.94. The summed E-state index contributed by atoms with van der Waals surface area (Å²) in [4.78, 5) is 35.7. The van der Waals surface area contributed by atoms with Gasteiger partial charge in [0.15, 0.2) is 6.61 Å². The third-order valence-corrected chi connectivity index (χ3v) is 4.30. The largest absolute Gasteiger partial charge is 0.497 e. The van der Waals surface area contributed by atoms with Crippen LogP contribution in [0.4, 0.5) is 10.1 Å². The van der Waals surface area contributed by atoms with E-state index in [9.17, 15) is 18.8 Å². The molecule has 0 heterocycles. The van der Waals surface area contributed by atoms with Gasteiger partial charge in [0.05, 0.1) is 12.8 Å². The molecule has 0 saturated heterocycles. The van der Waals surface area contributed by atoms with Crippen LogP contribution >= 0.6 is 15.9 Å². The predicted molar refractivity (Wildman–Crippen MR) is 113 cm³/mol. The Balaban J connectivity index is 1.78. The van der Waals surface area contributed by atoms with Gasteiger partial charge in [0.2, 0.25) is 5.91 Å². The van der Waals surface area contributed by atoms with Crippen molar-refractivity contribution in [2.75, 3.05) is 19.0 Å². The van der Waals surface area contributed by atoms with Crippen LogP contribution in [-0.2, 0) is 19.1 Å². The van der Waals surface area contributed by atoms with Gasteiger partial charge in [0, 0.05) is 10.5 Å². The van der Waals surface area contributed by atoms with Crippen LogP contribution in [0.5, 0.6) is 5.75 Å². The molecule has 30 heavy (non-hydrogen) atoms. The van der Waals surface area contributed by atoms with Crippen molar-refractivity contribution < 1.29 is 28.2 Å². The molecular formula is C21H20BrFN2O5. The normalized spacial score (nSPS) is 11.6. The van der Waals surface area contributed by atoms with Crippen LogP contribution in [-0.4, -0.2) is 37.5 Å². The van der Waals surface area contributed by atoms with Gasteiger partial charge in [-0.05, 0) is 48.9 Å². The van der Waals surface area contributed by atoms with Gasteiger partial charge in [-0.15, -0.1) is 0 Å². The molecule has 2 N–H and O–H groups in total. The van der Waals surface area contributed by atoms with Crippen molar-refractivity contribution in [1.29, 1.82) is 0 Å². The van der Waals surface area contributed by atoms with Crippen LogP contribution in [0.15, 0.2) is 53.0 Å². The van der Waals surface area contributed by atoms with Gasteiger partial charge >= 0.3 is 5.97 Å². The SMILES string of the molecule is COc1ccc(/C=C/C(=O)N[C@@H](C)C(=O)OCC(=O)Nc2ccc(Br)cc2F)cc1. The number of anilines is 1. The molecule has 0 radical (unpaired) electrons. The number of halogens is 2. The molecule has 0 bridgehead atoms. The van der Waals surface area contributed by atoms with E-state index in [1.54, 1.807) is 43.5 Å². The number of hydrogen-bond acceptors (Lipinski definition) is 5. The molecule has 2 rings (SSSR count). The maximum Gasteiger partial charge on any atom is 0.328 e. The zero-order chi connectivity index (χ0) is 22.1. The summed E-state index contributed by atoms with van der Waals surface area (Å²) in [6, 6.07) is 10.2. The Hall–Kier alpha value is -3.20. The van der Waals surface area contributed by atoms with Gasteiger partial charge in [0.1, 0.15) is 17.6 Å². The Morgan fingerprint density at radius 2 is 1.87 bits per heavy atom. The van der Waals surface area contributed by atoms with Crippen molar-refractivity contribution in [3.05, 3.63) is 64.4 Å². The first kappa shape index (κ1) is 23.1. The second kappa shape index (κ2) is 11.1. The van der Waals surface area contributed by atoms with Gasteiger partial charge in [-0.1, -0.05) is 28.1 Å². The lowest BCUT2D eigenvalue weighted by molar-refractivity contribution is -0.149. The smallest absolute Gasteiger partial charge is 0.328 e. The van der Waals surface area contributed by atoms with Gasteiger partial charge in [-0.2, -0.15) is 0 Å². The van der Waals surface area contributed by atoms with Crippen LogP contribution in [0.25, 0.3) is 6.08 Å². The molecule has 0 unspecified atom stereocenters. The van der Waals surface area contributed by atoms with E-state index in [4.69, 9.17) is 9.47 Å². The number of nitrogens with one attached hydrogen (secondary N) is 2. The number of benzene rings is 2. The molecule has 7 nitrogen and oxygen atoms in total. The molecule has 1 atom stereocenters. The first-order chi connectivity index (χ1) is 14.3. The number of carbonyl (C=O) groups excluding carboxylic acids is 3. The van der Waals surface area contributed by atoms with E-state index in [-0.39, 0.29) is 5.69 Å². The van der Waals surface area contributed by atoms with Crippen molar-refractivity contribution in [3.63, 3.8) is 0 Å². The van der Waals surface area contributed by atoms with E-state index in [0.717, 1.165) is 5.56 Å². The summed E-state index contributed by atoms with van der Waals surface area (Å²) < 4.78 is 24.1. The molecule has 158 valence electrons. The van der Waals surface area contributed by atoms with E-state index < -0.39 is 36.2 Å². The van der Waals surface area contributed by atoms with Crippen LogP contribution < -0.4 is 15.4 Å². The van der Waals surface area contributed by atoms with Crippen molar-refractivity contribution in [2.24, 2.45) is 0 Å². The third kappa shape index (κ3) is 7.32. The maximum atomic E-state index is 13.7. The number of ether oxygens (including phenoxy) is 2. The summed E-state index contributed by atoms with van der Waals surface area (Å²) >= 11 is 3.11. The van der Waals surface area contributed by atoms with E-state index in [1.165, 1.54) is 25.1 Å². The molecule has 0 aliphatic heterocycles. The maximum absolute atomic E-state index is 13.7. The Morgan fingerprint density at radius 1 is 1.17 bits per heavy atom. The molecule has 0 aromatic heterocycles. The Bertz CT molecular complexity index is 947. The quantitative estimate of drug-likeness (QED) is 0.448. The number of rotatable bonds is 8. The highest BCUT2D eigenvalue weighted by atomic mass is 79.9. The fourth-order valence-electron chi connectivity index (χ4n) is 2.25. The van der Waals surface area contributed by atoms with E-state index in [2.05, 4.69) is 26.6 Å². The first-order valence-corrected chi connectivity index (χ1v) is 9.62. The predicted octanol–water partition coefficient (Wildman–Crippen LogP) is 3.30. The van der Waals surface area contributed by atoms with Crippen LogP contribution in [0.1, 0.15) is 12.5 Å². The fourth-order valence-corrected chi connectivity index (χ4v) is 2.58. The lowest BCUT2D eigenvalue weighted by Crippen LogP contribution is -2.39. The van der Waals surface area contributed by atoms with Crippen LogP contribution in [0, 0.1) is 5.82 Å². The lowest BCUT2D eigenvalue weighted by Gasteiger charge is -2.12. The number of esters is 1. The summed E-state index contributed by atoms with van der Waals surface area (Å²) in [6.45, 7) is 0.810. The minimum Gasteiger partial charge on any atom is -0.497 e. The monoisotopic (exact) mass is 478 g/mol. The molecule has 2 amide bonds. The highest BCUT2D eigenvalue weighted by Gasteiger charge is 2.17. The first-order valence-electron chi connectivity index (χ1n) is 8.82. The van der Waals surface area contributed by atoms with Gasteiger partial charge in [-0.25, -0.2) is 9.18 Å². The fraction of sp³-hybridized carbons (Fsp3) is 0.190. The minimum absolute atomic E-state index is 0.0377. The van der Waals surface area contributed by atoms with Gasteiger partial charge in [0.25, 0.3) is 5.91 Å². The second-order valence-electron chi connectivity index (χ2n) is 6.12. The van der Waals surface area contributed by atoms with Gasteiger partial charge in [-0.3, -0.25) is 9.59 Å². The van der Waals surface area contributed by atoms with E-state index in [1.807, 2.05) is 0 Å². The van der Waals surface area contributed by atoms with Crippen molar-refractivity contribution in [1.82, 2.24) is 5.32 Å². The number of amides is 2.